The van der Waals surface area contributed by atoms with Crippen LogP contribution >= 0.6 is 0 Å². The van der Waals surface area contributed by atoms with Crippen molar-refractivity contribution in [1.82, 2.24) is 0 Å². The second-order valence-electron chi connectivity index (χ2n) is 8.73. The molecule has 33 heavy (non-hydrogen) atoms. The fourth-order valence-corrected chi connectivity index (χ4v) is 3.41. The van der Waals surface area contributed by atoms with Gasteiger partial charge in [-0.3, -0.25) is 0 Å². The van der Waals surface area contributed by atoms with Crippen LogP contribution in [0.5, 0.6) is 0 Å². The van der Waals surface area contributed by atoms with E-state index in [1.54, 1.807) is 0 Å². The summed E-state index contributed by atoms with van der Waals surface area (Å²) in [6, 6.07) is 17.5. The molecule has 0 saturated carbocycles. The van der Waals surface area contributed by atoms with Crippen LogP contribution in [-0.4, -0.2) is 0 Å². The van der Waals surface area contributed by atoms with E-state index in [2.05, 4.69) is 115 Å². The Hall–Kier alpha value is -2.52. The van der Waals surface area contributed by atoms with Crippen molar-refractivity contribution in [2.24, 2.45) is 0 Å². The van der Waals surface area contributed by atoms with Gasteiger partial charge >= 0.3 is 0 Å². The molecular weight excluding hydrogens is 396 g/mol. The molecule has 0 aliphatic heterocycles. The van der Waals surface area contributed by atoms with E-state index in [4.69, 9.17) is 0 Å². The van der Waals surface area contributed by atoms with Gasteiger partial charge in [0.15, 0.2) is 0 Å². The Morgan fingerprint density at radius 2 is 1.09 bits per heavy atom. The van der Waals surface area contributed by atoms with Crippen LogP contribution in [0.1, 0.15) is 95.4 Å². The predicted molar refractivity (Wildman–Crippen MR) is 151 cm³/mol. The largest absolute Gasteiger partial charge is 0.104 e. The first kappa shape index (κ1) is 30.5. The molecule has 0 bridgehead atoms. The molecule has 0 saturated heterocycles. The van der Waals surface area contributed by atoms with Crippen molar-refractivity contribution in [3.05, 3.63) is 95.1 Å². The van der Waals surface area contributed by atoms with Gasteiger partial charge in [-0.1, -0.05) is 80.4 Å². The average molecular weight is 445 g/mol. The highest BCUT2D eigenvalue weighted by Crippen LogP contribution is 2.15. The summed E-state index contributed by atoms with van der Waals surface area (Å²) >= 11 is 0. The maximum Gasteiger partial charge on any atom is 0.00602 e. The highest BCUT2D eigenvalue weighted by molar-refractivity contribution is 5.30. The summed E-state index contributed by atoms with van der Waals surface area (Å²) in [5, 5.41) is 0. The molecule has 0 radical (unpaired) electrons. The van der Waals surface area contributed by atoms with E-state index in [-0.39, 0.29) is 0 Å². The Balaban J connectivity index is 0.000000544. The molecule has 2 rings (SSSR count). The lowest BCUT2D eigenvalue weighted by atomic mass is 9.97. The quantitative estimate of drug-likeness (QED) is 0.205. The fourth-order valence-electron chi connectivity index (χ4n) is 3.41. The Bertz CT molecular complexity index is 833. The van der Waals surface area contributed by atoms with E-state index in [0.29, 0.717) is 0 Å². The topological polar surface area (TPSA) is 0 Å². The maximum atomic E-state index is 3.85. The first-order valence-corrected chi connectivity index (χ1v) is 12.7. The van der Waals surface area contributed by atoms with E-state index in [9.17, 15) is 0 Å². The zero-order valence-electron chi connectivity index (χ0n) is 22.4. The van der Waals surface area contributed by atoms with Crippen molar-refractivity contribution in [3.8, 4) is 11.8 Å². The van der Waals surface area contributed by atoms with Gasteiger partial charge in [-0.2, -0.15) is 0 Å². The zero-order valence-corrected chi connectivity index (χ0v) is 22.4. The zero-order chi connectivity index (χ0) is 24.9. The molecule has 180 valence electrons. The van der Waals surface area contributed by atoms with Crippen LogP contribution in [0.15, 0.2) is 72.8 Å². The monoisotopic (exact) mass is 444 g/mol. The van der Waals surface area contributed by atoms with Crippen molar-refractivity contribution in [1.29, 1.82) is 0 Å². The average Bonchev–Trinajstić information content (AvgIpc) is 2.81. The molecule has 0 heteroatoms. The lowest BCUT2D eigenvalue weighted by Crippen LogP contribution is -1.97. The van der Waals surface area contributed by atoms with E-state index in [0.717, 1.165) is 32.1 Å². The van der Waals surface area contributed by atoms with Gasteiger partial charge in [0, 0.05) is 12.8 Å². The van der Waals surface area contributed by atoms with Gasteiger partial charge in [-0.15, -0.1) is 25.0 Å². The highest BCUT2D eigenvalue weighted by atomic mass is 14.1. The maximum absolute atomic E-state index is 3.85. The number of rotatable bonds is 9. The number of unbranched alkanes of at least 4 members (excludes halogenated alkanes) is 1. The third kappa shape index (κ3) is 16.7. The van der Waals surface area contributed by atoms with E-state index in [1.165, 1.54) is 59.1 Å². The minimum atomic E-state index is 0.994. The van der Waals surface area contributed by atoms with Gasteiger partial charge in [0.1, 0.15) is 0 Å². The predicted octanol–water partition coefficient (Wildman–Crippen LogP) is 9.85. The Morgan fingerprint density at radius 3 is 1.52 bits per heavy atom. The van der Waals surface area contributed by atoms with Gasteiger partial charge in [0.25, 0.3) is 0 Å². The van der Waals surface area contributed by atoms with Gasteiger partial charge in [0.2, 0.25) is 0 Å². The molecule has 0 atom stereocenters. The molecule has 0 heterocycles. The van der Waals surface area contributed by atoms with E-state index < -0.39 is 0 Å². The number of aryl methyl sites for hydroxylation is 4. The summed E-state index contributed by atoms with van der Waals surface area (Å²) in [6.45, 7) is 20.4. The lowest BCUT2D eigenvalue weighted by Gasteiger charge is -2.09. The first-order valence-electron chi connectivity index (χ1n) is 12.7. The molecule has 0 aliphatic rings. The SMILES string of the molecule is C=C(C)CCCCC(=C)C.CCC#CCC.CCc1ccccc1CCc1ccccc1C. The highest BCUT2D eigenvalue weighted by Gasteiger charge is 2.02. The van der Waals surface area contributed by atoms with Crippen LogP contribution in [0, 0.1) is 18.8 Å². The molecule has 2 aromatic rings. The van der Waals surface area contributed by atoms with Crippen molar-refractivity contribution in [2.45, 2.75) is 99.3 Å². The summed E-state index contributed by atoms with van der Waals surface area (Å²) in [6.07, 6.45) is 10.3. The van der Waals surface area contributed by atoms with Crippen LogP contribution in [-0.2, 0) is 19.3 Å². The summed E-state index contributed by atoms with van der Waals surface area (Å²) in [5.74, 6) is 5.90. The number of hydrogen-bond acceptors (Lipinski definition) is 0. The van der Waals surface area contributed by atoms with Crippen LogP contribution in [0.3, 0.4) is 0 Å². The normalized spacial score (nSPS) is 9.39. The minimum absolute atomic E-state index is 0.994. The molecule has 0 aromatic heterocycles. The van der Waals surface area contributed by atoms with E-state index >= 15 is 0 Å². The summed E-state index contributed by atoms with van der Waals surface area (Å²) in [4.78, 5) is 0. The van der Waals surface area contributed by atoms with Crippen LogP contribution in [0.2, 0.25) is 0 Å². The smallest absolute Gasteiger partial charge is 0.00602 e. The molecule has 0 nitrogen and oxygen atoms in total. The molecular formula is C33H48. The number of hydrogen-bond donors (Lipinski definition) is 0. The summed E-state index contributed by atoms with van der Waals surface area (Å²) in [7, 11) is 0. The minimum Gasteiger partial charge on any atom is -0.104 e. The number of allylic oxidation sites excluding steroid dienone is 2. The van der Waals surface area contributed by atoms with Crippen LogP contribution in [0.4, 0.5) is 0 Å². The Kier molecular flexibility index (Phi) is 18.6. The van der Waals surface area contributed by atoms with Crippen molar-refractivity contribution in [2.75, 3.05) is 0 Å². The van der Waals surface area contributed by atoms with Crippen molar-refractivity contribution in [3.63, 3.8) is 0 Å². The Labute approximate surface area is 206 Å². The van der Waals surface area contributed by atoms with Gasteiger partial charge in [-0.25, -0.2) is 0 Å². The molecule has 0 fully saturated rings. The summed E-state index contributed by atoms with van der Waals surface area (Å²) < 4.78 is 0. The summed E-state index contributed by atoms with van der Waals surface area (Å²) in [5.41, 5.74) is 8.45. The van der Waals surface area contributed by atoms with Crippen molar-refractivity contribution >= 4 is 0 Å². The molecule has 0 aliphatic carbocycles. The van der Waals surface area contributed by atoms with Gasteiger partial charge < -0.3 is 0 Å². The molecule has 0 unspecified atom stereocenters. The molecule has 2 aromatic carbocycles. The van der Waals surface area contributed by atoms with Gasteiger partial charge in [-0.05, 0) is 88.0 Å². The fraction of sp³-hybridized carbons (Fsp3) is 0.455. The lowest BCUT2D eigenvalue weighted by molar-refractivity contribution is 0.727. The molecule has 0 N–H and O–H groups in total. The molecule has 0 amide bonds. The van der Waals surface area contributed by atoms with Gasteiger partial charge in [0.05, 0.1) is 0 Å². The second-order valence-corrected chi connectivity index (χ2v) is 8.73. The molecule has 0 spiro atoms. The first-order chi connectivity index (χ1) is 15.8. The third-order valence-electron chi connectivity index (χ3n) is 5.36. The standard InChI is InChI=1S/C17H20.C10H18.C6H10/c1-3-15-9-6-7-11-17(15)13-12-16-10-5-4-8-14(16)2;1-9(2)7-5-6-8-10(3)4;1-3-5-6-4-2/h4-11H,3,12-13H2,1-2H3;1,3,5-8H2,2,4H3;3-4H2,1-2H3. The van der Waals surface area contributed by atoms with Crippen LogP contribution in [0.25, 0.3) is 0 Å². The van der Waals surface area contributed by atoms with Crippen molar-refractivity contribution < 1.29 is 0 Å². The van der Waals surface area contributed by atoms with Crippen LogP contribution < -0.4 is 0 Å². The van der Waals surface area contributed by atoms with E-state index in [1.807, 2.05) is 0 Å². The number of benzene rings is 2. The Morgan fingerprint density at radius 1 is 0.667 bits per heavy atom. The second kappa shape index (κ2) is 20.1. The third-order valence-corrected chi connectivity index (χ3v) is 5.36.